The van der Waals surface area contributed by atoms with Crippen molar-refractivity contribution in [2.75, 3.05) is 6.54 Å². The second-order valence-corrected chi connectivity index (χ2v) is 8.66. The number of carbonyl (C=O) groups excluding carboxylic acids is 3. The number of nitrogens with one attached hydrogen (secondary N) is 2. The van der Waals surface area contributed by atoms with Gasteiger partial charge < -0.3 is 14.8 Å². The molecule has 0 aliphatic carbocycles. The predicted octanol–water partition coefficient (Wildman–Crippen LogP) is 2.65. The van der Waals surface area contributed by atoms with Crippen LogP contribution in [-0.2, 0) is 14.8 Å². The third-order valence-corrected chi connectivity index (χ3v) is 5.30. The van der Waals surface area contributed by atoms with Crippen molar-refractivity contribution in [1.82, 2.24) is 15.0 Å². The van der Waals surface area contributed by atoms with Gasteiger partial charge in [-0.2, -0.15) is 0 Å². The van der Waals surface area contributed by atoms with Crippen LogP contribution in [0.4, 0.5) is 4.79 Å². The number of unbranched alkanes of at least 4 members (excludes halogenated alkanes) is 1. The van der Waals surface area contributed by atoms with Gasteiger partial charge in [-0.3, -0.25) is 9.59 Å². The first-order chi connectivity index (χ1) is 15.1. The summed E-state index contributed by atoms with van der Waals surface area (Å²) in [6.07, 6.45) is 1.44. The Labute approximate surface area is 186 Å². The van der Waals surface area contributed by atoms with Gasteiger partial charge in [-0.1, -0.05) is 19.4 Å². The summed E-state index contributed by atoms with van der Waals surface area (Å²) in [5.74, 6) is -1.46. The number of pyridine rings is 1. The van der Waals surface area contributed by atoms with Gasteiger partial charge >= 0.3 is 6.16 Å². The first kappa shape index (κ1) is 24.8. The minimum absolute atomic E-state index is 0.0772. The lowest BCUT2D eigenvalue weighted by atomic mass is 10.2. The van der Waals surface area contributed by atoms with Crippen molar-refractivity contribution in [3.63, 3.8) is 0 Å². The molecule has 2 rings (SSSR count). The molecular weight excluding hydrogens is 438 g/mol. The maximum atomic E-state index is 12.6. The number of rotatable bonds is 9. The highest BCUT2D eigenvalue weighted by Gasteiger charge is 2.21. The molecular formula is C21H25N3O7S. The molecule has 0 atom stereocenters. The van der Waals surface area contributed by atoms with E-state index in [1.165, 1.54) is 36.4 Å². The van der Waals surface area contributed by atoms with E-state index in [1.54, 1.807) is 13.8 Å². The van der Waals surface area contributed by atoms with Crippen LogP contribution in [0.3, 0.4) is 0 Å². The molecule has 0 radical (unpaired) electrons. The van der Waals surface area contributed by atoms with Crippen molar-refractivity contribution in [1.29, 1.82) is 0 Å². The van der Waals surface area contributed by atoms with Crippen molar-refractivity contribution < 1.29 is 32.3 Å². The summed E-state index contributed by atoms with van der Waals surface area (Å²) in [4.78, 5) is 39.5. The van der Waals surface area contributed by atoms with Gasteiger partial charge in [0.05, 0.1) is 16.6 Å². The predicted molar refractivity (Wildman–Crippen MR) is 115 cm³/mol. The van der Waals surface area contributed by atoms with Crippen LogP contribution >= 0.6 is 0 Å². The van der Waals surface area contributed by atoms with Gasteiger partial charge in [-0.05, 0) is 44.5 Å². The summed E-state index contributed by atoms with van der Waals surface area (Å²) in [5, 5.41) is 2.70. The topological polar surface area (TPSA) is 141 Å². The highest BCUT2D eigenvalue weighted by molar-refractivity contribution is 7.90. The van der Waals surface area contributed by atoms with Crippen LogP contribution in [0.5, 0.6) is 5.88 Å². The Kier molecular flexibility index (Phi) is 8.71. The molecule has 0 saturated heterocycles. The highest BCUT2D eigenvalue weighted by atomic mass is 32.2. The SMILES string of the molecule is CCCCNC(=O)c1cccc(S(=O)(=O)NC(=O)c2ccc(OC(=O)OC(C)C)nc2)c1. The lowest BCUT2D eigenvalue weighted by Gasteiger charge is -2.10. The lowest BCUT2D eigenvalue weighted by molar-refractivity contribution is 0.0715. The Morgan fingerprint density at radius 1 is 1.06 bits per heavy atom. The maximum Gasteiger partial charge on any atom is 0.515 e. The summed E-state index contributed by atoms with van der Waals surface area (Å²) in [7, 11) is -4.24. The zero-order valence-corrected chi connectivity index (χ0v) is 18.8. The number of nitrogens with zero attached hydrogens (tertiary/aromatic N) is 1. The van der Waals surface area contributed by atoms with Crippen LogP contribution in [0.25, 0.3) is 0 Å². The zero-order chi connectivity index (χ0) is 23.7. The number of ether oxygens (including phenoxy) is 2. The molecule has 0 aliphatic heterocycles. The van der Waals surface area contributed by atoms with E-state index in [-0.39, 0.29) is 28.0 Å². The number of sulfonamides is 1. The van der Waals surface area contributed by atoms with Gasteiger partial charge in [0.25, 0.3) is 21.8 Å². The normalized spacial score (nSPS) is 11.0. The number of hydrogen-bond acceptors (Lipinski definition) is 8. The summed E-state index contributed by atoms with van der Waals surface area (Å²) in [5.41, 5.74) is 0.0829. The minimum atomic E-state index is -4.24. The molecule has 1 heterocycles. The Morgan fingerprint density at radius 3 is 2.44 bits per heavy atom. The van der Waals surface area contributed by atoms with Crippen LogP contribution < -0.4 is 14.8 Å². The number of aromatic nitrogens is 1. The van der Waals surface area contributed by atoms with Crippen molar-refractivity contribution in [2.24, 2.45) is 0 Å². The van der Waals surface area contributed by atoms with Gasteiger partial charge in [0.2, 0.25) is 5.88 Å². The molecule has 32 heavy (non-hydrogen) atoms. The third kappa shape index (κ3) is 7.34. The Balaban J connectivity index is 2.07. The number of hydrogen-bond donors (Lipinski definition) is 2. The largest absolute Gasteiger partial charge is 0.515 e. The summed E-state index contributed by atoms with van der Waals surface area (Å²) >= 11 is 0. The fourth-order valence-electron chi connectivity index (χ4n) is 2.40. The van der Waals surface area contributed by atoms with E-state index in [9.17, 15) is 22.8 Å². The van der Waals surface area contributed by atoms with Gasteiger partial charge in [0.1, 0.15) is 0 Å². The monoisotopic (exact) mass is 463 g/mol. The molecule has 172 valence electrons. The second kappa shape index (κ2) is 11.2. The maximum absolute atomic E-state index is 12.6. The smallest absolute Gasteiger partial charge is 0.431 e. The van der Waals surface area contributed by atoms with E-state index in [4.69, 9.17) is 9.47 Å². The summed E-state index contributed by atoms with van der Waals surface area (Å²) in [6.45, 7) is 5.76. The van der Waals surface area contributed by atoms with Crippen LogP contribution in [0.2, 0.25) is 0 Å². The number of benzene rings is 1. The van der Waals surface area contributed by atoms with Crippen molar-refractivity contribution in [3.8, 4) is 5.88 Å². The summed E-state index contributed by atoms with van der Waals surface area (Å²) < 4.78 is 36.8. The standard InChI is InChI=1S/C21H25N3O7S/c1-4-5-11-22-19(25)15-7-6-8-17(12-15)32(28,29)24-20(26)16-9-10-18(23-13-16)31-21(27)30-14(2)3/h6-10,12-14H,4-5,11H2,1-3H3,(H,22,25)(H,24,26). The molecule has 2 amide bonds. The molecule has 0 fully saturated rings. The molecule has 0 unspecified atom stereocenters. The molecule has 0 aliphatic rings. The first-order valence-corrected chi connectivity index (χ1v) is 11.4. The van der Waals surface area contributed by atoms with Crippen LogP contribution in [-0.4, -0.2) is 44.0 Å². The molecule has 11 heteroatoms. The molecule has 2 N–H and O–H groups in total. The van der Waals surface area contributed by atoms with E-state index in [1.807, 2.05) is 11.6 Å². The molecule has 1 aromatic heterocycles. The quantitative estimate of drug-likeness (QED) is 0.427. The van der Waals surface area contributed by atoms with Gasteiger partial charge in [0, 0.05) is 24.4 Å². The van der Waals surface area contributed by atoms with Crippen LogP contribution in [0, 0.1) is 0 Å². The van der Waals surface area contributed by atoms with Crippen molar-refractivity contribution >= 4 is 28.0 Å². The Hall–Kier alpha value is -3.47. The molecule has 0 spiro atoms. The van der Waals surface area contributed by atoms with Crippen molar-refractivity contribution in [3.05, 3.63) is 53.7 Å². The fourth-order valence-corrected chi connectivity index (χ4v) is 3.42. The van der Waals surface area contributed by atoms with Crippen molar-refractivity contribution in [2.45, 2.75) is 44.6 Å². The number of amides is 2. The first-order valence-electron chi connectivity index (χ1n) is 9.92. The average Bonchev–Trinajstić information content (AvgIpc) is 2.73. The Bertz CT molecular complexity index is 1070. The minimum Gasteiger partial charge on any atom is -0.431 e. The molecule has 0 saturated carbocycles. The molecule has 1 aromatic carbocycles. The Morgan fingerprint density at radius 2 is 1.81 bits per heavy atom. The van der Waals surface area contributed by atoms with Crippen LogP contribution in [0.1, 0.15) is 54.3 Å². The van der Waals surface area contributed by atoms with E-state index < -0.39 is 28.0 Å². The second-order valence-electron chi connectivity index (χ2n) is 6.98. The fraction of sp³-hybridized carbons (Fsp3) is 0.333. The average molecular weight is 464 g/mol. The van der Waals surface area contributed by atoms with E-state index in [2.05, 4.69) is 10.3 Å². The summed E-state index contributed by atoms with van der Waals surface area (Å²) in [6, 6.07) is 7.82. The number of carbonyl (C=O) groups is 3. The highest BCUT2D eigenvalue weighted by Crippen LogP contribution is 2.14. The van der Waals surface area contributed by atoms with Gasteiger partial charge in [-0.25, -0.2) is 22.9 Å². The van der Waals surface area contributed by atoms with E-state index in [0.29, 0.717) is 6.54 Å². The van der Waals surface area contributed by atoms with Crippen LogP contribution in [0.15, 0.2) is 47.5 Å². The lowest BCUT2D eigenvalue weighted by Crippen LogP contribution is -2.31. The molecule has 10 nitrogen and oxygen atoms in total. The van der Waals surface area contributed by atoms with E-state index >= 15 is 0 Å². The molecule has 2 aromatic rings. The molecule has 0 bridgehead atoms. The zero-order valence-electron chi connectivity index (χ0n) is 18.0. The van der Waals surface area contributed by atoms with Gasteiger partial charge in [-0.15, -0.1) is 0 Å². The van der Waals surface area contributed by atoms with E-state index in [0.717, 1.165) is 19.0 Å². The van der Waals surface area contributed by atoms with Gasteiger partial charge in [0.15, 0.2) is 0 Å². The third-order valence-electron chi connectivity index (χ3n) is 3.97.